The van der Waals surface area contributed by atoms with E-state index < -0.39 is 0 Å². The van der Waals surface area contributed by atoms with Gasteiger partial charge in [-0.3, -0.25) is 4.79 Å². The van der Waals surface area contributed by atoms with E-state index in [9.17, 15) is 4.79 Å². The summed E-state index contributed by atoms with van der Waals surface area (Å²) in [4.78, 5) is 12.2. The normalized spacial score (nSPS) is 10.2. The molecule has 2 aromatic rings. The fourth-order valence-corrected chi connectivity index (χ4v) is 2.37. The lowest BCUT2D eigenvalue weighted by Gasteiger charge is -2.13. The van der Waals surface area contributed by atoms with Crippen molar-refractivity contribution >= 4 is 21.8 Å². The van der Waals surface area contributed by atoms with E-state index in [1.165, 1.54) is 7.11 Å². The van der Waals surface area contributed by atoms with Gasteiger partial charge in [0.05, 0.1) is 30.7 Å². The summed E-state index contributed by atoms with van der Waals surface area (Å²) in [6.07, 6.45) is 3.16. The number of hydrogen-bond acceptors (Lipinski definition) is 4. The second-order valence-electron chi connectivity index (χ2n) is 4.24. The number of ether oxygens (including phenoxy) is 2. The molecule has 0 aliphatic rings. The molecule has 21 heavy (non-hydrogen) atoms. The van der Waals surface area contributed by atoms with Crippen molar-refractivity contribution in [1.29, 1.82) is 0 Å². The Bertz CT molecular complexity index is 610. The molecule has 2 rings (SSSR count). The van der Waals surface area contributed by atoms with Gasteiger partial charge in [-0.1, -0.05) is 0 Å². The van der Waals surface area contributed by atoms with Crippen LogP contribution in [0.5, 0.6) is 11.5 Å². The molecule has 0 saturated heterocycles. The number of benzene rings is 1. The minimum atomic E-state index is -0.196. The van der Waals surface area contributed by atoms with E-state index in [0.717, 1.165) is 5.56 Å². The number of amides is 1. The van der Waals surface area contributed by atoms with Crippen molar-refractivity contribution in [2.24, 2.45) is 0 Å². The fourth-order valence-electron chi connectivity index (χ4n) is 1.81. The summed E-state index contributed by atoms with van der Waals surface area (Å²) in [6.45, 7) is 2.81. The lowest BCUT2D eigenvalue weighted by atomic mass is 10.2. The lowest BCUT2D eigenvalue weighted by molar-refractivity contribution is 0.0950. The zero-order chi connectivity index (χ0) is 15.2. The van der Waals surface area contributed by atoms with Gasteiger partial charge in [0, 0.05) is 17.7 Å². The van der Waals surface area contributed by atoms with E-state index in [0.29, 0.717) is 34.7 Å². The fraction of sp³-hybridized carbons (Fsp3) is 0.267. The average molecular weight is 354 g/mol. The van der Waals surface area contributed by atoms with Crippen LogP contribution in [-0.2, 0) is 6.54 Å². The maximum atomic E-state index is 12.2. The number of carbonyl (C=O) groups excluding carboxylic acids is 1. The van der Waals surface area contributed by atoms with Gasteiger partial charge in [0.15, 0.2) is 11.5 Å². The van der Waals surface area contributed by atoms with Gasteiger partial charge in [0.1, 0.15) is 0 Å². The highest BCUT2D eigenvalue weighted by Gasteiger charge is 2.15. The van der Waals surface area contributed by atoms with Gasteiger partial charge in [-0.2, -0.15) is 0 Å². The Labute approximate surface area is 131 Å². The van der Waals surface area contributed by atoms with Crippen LogP contribution in [0.25, 0.3) is 0 Å². The minimum absolute atomic E-state index is 0.196. The van der Waals surface area contributed by atoms with Gasteiger partial charge in [0.25, 0.3) is 5.91 Å². The van der Waals surface area contributed by atoms with Crippen molar-refractivity contribution in [1.82, 2.24) is 5.32 Å². The first kappa shape index (κ1) is 15.4. The highest BCUT2D eigenvalue weighted by Crippen LogP contribution is 2.36. The number of hydrogen-bond donors (Lipinski definition) is 1. The van der Waals surface area contributed by atoms with Gasteiger partial charge in [0.2, 0.25) is 0 Å². The molecule has 0 spiro atoms. The standard InChI is InChI=1S/C15H16BrNO4/c1-3-21-14-12(16)6-11(7-13(14)19-2)15(18)17-8-10-4-5-20-9-10/h4-7,9H,3,8H2,1-2H3,(H,17,18). The molecule has 1 aromatic carbocycles. The molecule has 0 fully saturated rings. The summed E-state index contributed by atoms with van der Waals surface area (Å²) in [7, 11) is 1.54. The number of furan rings is 1. The van der Waals surface area contributed by atoms with Gasteiger partial charge in [-0.05, 0) is 41.1 Å². The van der Waals surface area contributed by atoms with E-state index in [1.54, 1.807) is 30.7 Å². The molecule has 1 aromatic heterocycles. The van der Waals surface area contributed by atoms with E-state index >= 15 is 0 Å². The highest BCUT2D eigenvalue weighted by atomic mass is 79.9. The van der Waals surface area contributed by atoms with Gasteiger partial charge >= 0.3 is 0 Å². The average Bonchev–Trinajstić information content (AvgIpc) is 3.00. The molecular formula is C15H16BrNO4. The van der Waals surface area contributed by atoms with Crippen LogP contribution in [0, 0.1) is 0 Å². The summed E-state index contributed by atoms with van der Waals surface area (Å²) in [5.41, 5.74) is 1.39. The molecule has 0 aliphatic carbocycles. The largest absolute Gasteiger partial charge is 0.493 e. The van der Waals surface area contributed by atoms with Gasteiger partial charge in [-0.15, -0.1) is 0 Å². The SMILES string of the molecule is CCOc1c(Br)cc(C(=O)NCc2ccoc2)cc1OC. The van der Waals surface area contributed by atoms with E-state index in [4.69, 9.17) is 13.9 Å². The molecule has 1 N–H and O–H groups in total. The quantitative estimate of drug-likeness (QED) is 0.864. The van der Waals surface area contributed by atoms with Crippen molar-refractivity contribution in [2.45, 2.75) is 13.5 Å². The third-order valence-corrected chi connectivity index (χ3v) is 3.40. The molecular weight excluding hydrogens is 338 g/mol. The smallest absolute Gasteiger partial charge is 0.251 e. The number of methoxy groups -OCH3 is 1. The molecule has 1 heterocycles. The predicted molar refractivity (Wildman–Crippen MR) is 81.7 cm³/mol. The zero-order valence-electron chi connectivity index (χ0n) is 11.8. The Morgan fingerprint density at radius 1 is 1.43 bits per heavy atom. The Morgan fingerprint density at radius 2 is 2.24 bits per heavy atom. The number of nitrogens with one attached hydrogen (secondary N) is 1. The highest BCUT2D eigenvalue weighted by molar-refractivity contribution is 9.10. The van der Waals surface area contributed by atoms with Gasteiger partial charge < -0.3 is 19.2 Å². The van der Waals surface area contributed by atoms with Crippen molar-refractivity contribution in [3.63, 3.8) is 0 Å². The van der Waals surface area contributed by atoms with Crippen LogP contribution < -0.4 is 14.8 Å². The van der Waals surface area contributed by atoms with E-state index in [2.05, 4.69) is 21.2 Å². The molecule has 0 atom stereocenters. The van der Waals surface area contributed by atoms with Crippen molar-refractivity contribution in [3.05, 3.63) is 46.3 Å². The molecule has 0 radical (unpaired) electrons. The summed E-state index contributed by atoms with van der Waals surface area (Å²) < 4.78 is 16.4. The number of carbonyl (C=O) groups is 1. The summed E-state index contributed by atoms with van der Waals surface area (Å²) >= 11 is 3.40. The third kappa shape index (κ3) is 3.78. The molecule has 0 aliphatic heterocycles. The van der Waals surface area contributed by atoms with Crippen LogP contribution in [-0.4, -0.2) is 19.6 Å². The monoisotopic (exact) mass is 353 g/mol. The Balaban J connectivity index is 2.15. The van der Waals surface area contributed by atoms with Crippen LogP contribution in [0.1, 0.15) is 22.8 Å². The van der Waals surface area contributed by atoms with Crippen LogP contribution in [0.3, 0.4) is 0 Å². The van der Waals surface area contributed by atoms with Crippen LogP contribution in [0.2, 0.25) is 0 Å². The molecule has 112 valence electrons. The van der Waals surface area contributed by atoms with Crippen LogP contribution >= 0.6 is 15.9 Å². The Hall–Kier alpha value is -1.95. The molecule has 0 bridgehead atoms. The topological polar surface area (TPSA) is 60.7 Å². The van der Waals surface area contributed by atoms with Crippen LogP contribution in [0.15, 0.2) is 39.6 Å². The molecule has 0 saturated carbocycles. The minimum Gasteiger partial charge on any atom is -0.493 e. The van der Waals surface area contributed by atoms with E-state index in [-0.39, 0.29) is 5.91 Å². The zero-order valence-corrected chi connectivity index (χ0v) is 13.4. The second kappa shape index (κ2) is 7.17. The molecule has 1 amide bonds. The Morgan fingerprint density at radius 3 is 2.86 bits per heavy atom. The number of halogens is 1. The molecule has 5 nitrogen and oxygen atoms in total. The van der Waals surface area contributed by atoms with Crippen molar-refractivity contribution < 1.29 is 18.7 Å². The van der Waals surface area contributed by atoms with Crippen molar-refractivity contribution in [3.8, 4) is 11.5 Å². The summed E-state index contributed by atoms with van der Waals surface area (Å²) in [6, 6.07) is 5.16. The number of rotatable bonds is 6. The lowest BCUT2D eigenvalue weighted by Crippen LogP contribution is -2.22. The van der Waals surface area contributed by atoms with Crippen LogP contribution in [0.4, 0.5) is 0 Å². The first-order chi connectivity index (χ1) is 10.2. The third-order valence-electron chi connectivity index (χ3n) is 2.81. The second-order valence-corrected chi connectivity index (χ2v) is 5.09. The van der Waals surface area contributed by atoms with E-state index in [1.807, 2.05) is 6.92 Å². The van der Waals surface area contributed by atoms with Gasteiger partial charge in [-0.25, -0.2) is 0 Å². The maximum Gasteiger partial charge on any atom is 0.251 e. The molecule has 0 unspecified atom stereocenters. The summed E-state index contributed by atoms with van der Waals surface area (Å²) in [5, 5.41) is 2.82. The van der Waals surface area contributed by atoms with Crippen molar-refractivity contribution in [2.75, 3.05) is 13.7 Å². The molecule has 6 heteroatoms. The first-order valence-corrected chi connectivity index (χ1v) is 7.24. The Kier molecular flexibility index (Phi) is 5.27. The first-order valence-electron chi connectivity index (χ1n) is 6.45. The summed E-state index contributed by atoms with van der Waals surface area (Å²) in [5.74, 6) is 0.907. The maximum absolute atomic E-state index is 12.2. The predicted octanol–water partition coefficient (Wildman–Crippen LogP) is 3.38.